The van der Waals surface area contributed by atoms with E-state index in [0.29, 0.717) is 18.2 Å². The molecule has 1 fully saturated rings. The van der Waals surface area contributed by atoms with Gasteiger partial charge in [0, 0.05) is 17.2 Å². The maximum atomic E-state index is 12.2. The Hall–Kier alpha value is -1.66. The van der Waals surface area contributed by atoms with Crippen molar-refractivity contribution in [2.45, 2.75) is 12.8 Å². The fourth-order valence-electron chi connectivity index (χ4n) is 2.63. The van der Waals surface area contributed by atoms with Crippen LogP contribution in [0.2, 0.25) is 0 Å². The van der Waals surface area contributed by atoms with E-state index in [0.717, 1.165) is 23.2 Å². The second-order valence-corrected chi connectivity index (χ2v) is 6.46. The first-order chi connectivity index (χ1) is 10.7. The van der Waals surface area contributed by atoms with E-state index in [4.69, 9.17) is 0 Å². The van der Waals surface area contributed by atoms with Crippen molar-refractivity contribution in [3.63, 3.8) is 0 Å². The third kappa shape index (κ3) is 3.75. The molecule has 116 valence electrons. The van der Waals surface area contributed by atoms with Gasteiger partial charge >= 0.3 is 0 Å². The van der Waals surface area contributed by atoms with E-state index >= 15 is 0 Å². The Morgan fingerprint density at radius 1 is 1.45 bits per heavy atom. The molecule has 1 unspecified atom stereocenters. The average Bonchev–Trinajstić information content (AvgIpc) is 3.04. The quantitative estimate of drug-likeness (QED) is 0.877. The Bertz CT molecular complexity index is 649. The molecule has 0 spiro atoms. The van der Waals surface area contributed by atoms with Crippen LogP contribution in [0.1, 0.15) is 23.3 Å². The molecule has 0 bridgehead atoms. The van der Waals surface area contributed by atoms with Crippen LogP contribution < -0.4 is 10.6 Å². The molecule has 5 nitrogen and oxygen atoms in total. The summed E-state index contributed by atoms with van der Waals surface area (Å²) in [5.74, 6) is 0.407. The van der Waals surface area contributed by atoms with Crippen LogP contribution in [-0.2, 0) is 0 Å². The molecule has 6 heteroatoms. The summed E-state index contributed by atoms with van der Waals surface area (Å²) in [5.41, 5.74) is 1.37. The van der Waals surface area contributed by atoms with E-state index in [1.165, 1.54) is 12.8 Å². The number of carbonyl (C=O) groups is 1. The van der Waals surface area contributed by atoms with Crippen molar-refractivity contribution in [1.82, 2.24) is 20.4 Å². The lowest BCUT2D eigenvalue weighted by molar-refractivity contribution is 0.0939. The zero-order valence-electron chi connectivity index (χ0n) is 12.3. The maximum Gasteiger partial charge on any atom is 0.271 e. The standard InChI is InChI=1S/C16H19BrN4O/c17-13-4-1-5-14(9-13)21-8-6-15(20-21)16(22)19-11-12-3-2-7-18-10-12/h1,4-6,8-9,12,18H,2-3,7,10-11H2,(H,19,22). The molecule has 1 aromatic heterocycles. The molecule has 1 amide bonds. The first-order valence-corrected chi connectivity index (χ1v) is 8.32. The maximum absolute atomic E-state index is 12.2. The molecule has 3 rings (SSSR count). The Morgan fingerprint density at radius 3 is 3.14 bits per heavy atom. The normalized spacial score (nSPS) is 18.1. The van der Waals surface area contributed by atoms with Crippen molar-refractivity contribution in [2.24, 2.45) is 5.92 Å². The summed E-state index contributed by atoms with van der Waals surface area (Å²) in [5, 5.41) is 10.7. The first-order valence-electron chi connectivity index (χ1n) is 7.53. The highest BCUT2D eigenvalue weighted by Crippen LogP contribution is 2.15. The summed E-state index contributed by atoms with van der Waals surface area (Å²) in [6.07, 6.45) is 4.15. The highest BCUT2D eigenvalue weighted by molar-refractivity contribution is 9.10. The molecular formula is C16H19BrN4O. The number of carbonyl (C=O) groups excluding carboxylic acids is 1. The van der Waals surface area contributed by atoms with E-state index in [2.05, 4.69) is 31.7 Å². The summed E-state index contributed by atoms with van der Waals surface area (Å²) in [4.78, 5) is 12.2. The predicted octanol–water partition coefficient (Wildman–Crippen LogP) is 2.36. The Kier molecular flexibility index (Phi) is 4.90. The van der Waals surface area contributed by atoms with Crippen LogP contribution in [0.4, 0.5) is 0 Å². The average molecular weight is 363 g/mol. The van der Waals surface area contributed by atoms with Crippen LogP contribution in [0.15, 0.2) is 41.0 Å². The van der Waals surface area contributed by atoms with Crippen molar-refractivity contribution >= 4 is 21.8 Å². The van der Waals surface area contributed by atoms with Crippen LogP contribution in [0.5, 0.6) is 0 Å². The summed E-state index contributed by atoms with van der Waals surface area (Å²) >= 11 is 3.44. The number of piperidine rings is 1. The van der Waals surface area contributed by atoms with Crippen molar-refractivity contribution < 1.29 is 4.79 Å². The van der Waals surface area contributed by atoms with Gasteiger partial charge in [-0.15, -0.1) is 0 Å². The number of amides is 1. The Balaban J connectivity index is 1.61. The molecule has 0 saturated carbocycles. The molecule has 1 saturated heterocycles. The van der Waals surface area contributed by atoms with Crippen LogP contribution in [-0.4, -0.2) is 35.3 Å². The van der Waals surface area contributed by atoms with Gasteiger partial charge in [-0.3, -0.25) is 4.79 Å². The lowest BCUT2D eigenvalue weighted by atomic mass is 10.00. The number of hydrogen-bond donors (Lipinski definition) is 2. The van der Waals surface area contributed by atoms with E-state index < -0.39 is 0 Å². The smallest absolute Gasteiger partial charge is 0.271 e. The van der Waals surface area contributed by atoms with Crippen molar-refractivity contribution in [3.05, 3.63) is 46.7 Å². The van der Waals surface area contributed by atoms with Crippen molar-refractivity contribution in [1.29, 1.82) is 0 Å². The van der Waals surface area contributed by atoms with Gasteiger partial charge in [0.15, 0.2) is 5.69 Å². The SMILES string of the molecule is O=C(NCC1CCCNC1)c1ccn(-c2cccc(Br)c2)n1. The fraction of sp³-hybridized carbons (Fsp3) is 0.375. The minimum atomic E-state index is -0.112. The van der Waals surface area contributed by atoms with Crippen LogP contribution in [0.3, 0.4) is 0 Å². The molecule has 1 atom stereocenters. The van der Waals surface area contributed by atoms with Crippen LogP contribution in [0, 0.1) is 5.92 Å². The van der Waals surface area contributed by atoms with Gasteiger partial charge in [-0.1, -0.05) is 22.0 Å². The minimum absolute atomic E-state index is 0.112. The lowest BCUT2D eigenvalue weighted by Crippen LogP contribution is -2.38. The minimum Gasteiger partial charge on any atom is -0.350 e. The molecule has 1 aromatic carbocycles. The van der Waals surface area contributed by atoms with Gasteiger partial charge in [0.1, 0.15) is 0 Å². The zero-order chi connectivity index (χ0) is 15.4. The largest absolute Gasteiger partial charge is 0.350 e. The van der Waals surface area contributed by atoms with Gasteiger partial charge < -0.3 is 10.6 Å². The number of aromatic nitrogens is 2. The molecular weight excluding hydrogens is 344 g/mol. The van der Waals surface area contributed by atoms with Crippen LogP contribution in [0.25, 0.3) is 5.69 Å². The highest BCUT2D eigenvalue weighted by atomic mass is 79.9. The van der Waals surface area contributed by atoms with E-state index in [1.54, 1.807) is 16.9 Å². The van der Waals surface area contributed by atoms with Crippen LogP contribution >= 0.6 is 15.9 Å². The van der Waals surface area contributed by atoms with E-state index in [1.807, 2.05) is 24.3 Å². The first kappa shape index (κ1) is 15.2. The second kappa shape index (κ2) is 7.07. The zero-order valence-corrected chi connectivity index (χ0v) is 13.8. The monoisotopic (exact) mass is 362 g/mol. The Labute approximate surface area is 138 Å². The summed E-state index contributed by atoms with van der Waals surface area (Å²) in [6.45, 7) is 2.77. The third-order valence-electron chi connectivity index (χ3n) is 3.84. The molecule has 1 aliphatic rings. The number of rotatable bonds is 4. The van der Waals surface area contributed by atoms with Gasteiger partial charge in [-0.05, 0) is 56.1 Å². The second-order valence-electron chi connectivity index (χ2n) is 5.55. The van der Waals surface area contributed by atoms with Gasteiger partial charge in [0.05, 0.1) is 5.69 Å². The highest BCUT2D eigenvalue weighted by Gasteiger charge is 2.15. The topological polar surface area (TPSA) is 59.0 Å². The third-order valence-corrected chi connectivity index (χ3v) is 4.34. The van der Waals surface area contributed by atoms with Crippen molar-refractivity contribution in [3.8, 4) is 5.69 Å². The fourth-order valence-corrected chi connectivity index (χ4v) is 3.02. The number of nitrogens with one attached hydrogen (secondary N) is 2. The number of benzene rings is 1. The van der Waals surface area contributed by atoms with Gasteiger partial charge in [0.2, 0.25) is 0 Å². The Morgan fingerprint density at radius 2 is 2.36 bits per heavy atom. The predicted molar refractivity (Wildman–Crippen MR) is 89.2 cm³/mol. The molecule has 2 heterocycles. The van der Waals surface area contributed by atoms with Crippen molar-refractivity contribution in [2.75, 3.05) is 19.6 Å². The van der Waals surface area contributed by atoms with Gasteiger partial charge in [-0.25, -0.2) is 4.68 Å². The van der Waals surface area contributed by atoms with E-state index in [-0.39, 0.29) is 5.91 Å². The van der Waals surface area contributed by atoms with Gasteiger partial charge in [-0.2, -0.15) is 5.10 Å². The summed E-state index contributed by atoms with van der Waals surface area (Å²) < 4.78 is 2.69. The molecule has 1 aliphatic heterocycles. The molecule has 2 aromatic rings. The molecule has 0 aliphatic carbocycles. The number of nitrogens with zero attached hydrogens (tertiary/aromatic N) is 2. The van der Waals surface area contributed by atoms with E-state index in [9.17, 15) is 4.79 Å². The van der Waals surface area contributed by atoms with Gasteiger partial charge in [0.25, 0.3) is 5.91 Å². The number of halogens is 1. The number of hydrogen-bond acceptors (Lipinski definition) is 3. The molecule has 2 N–H and O–H groups in total. The summed E-state index contributed by atoms with van der Waals surface area (Å²) in [7, 11) is 0. The molecule has 0 radical (unpaired) electrons. The summed E-state index contributed by atoms with van der Waals surface area (Å²) in [6, 6.07) is 9.56. The lowest BCUT2D eigenvalue weighted by Gasteiger charge is -2.22. The molecule has 22 heavy (non-hydrogen) atoms.